The van der Waals surface area contributed by atoms with E-state index >= 15 is 0 Å². The van der Waals surface area contributed by atoms with Gasteiger partial charge in [-0.15, -0.1) is 0 Å². The molecule has 1 heterocycles. The Morgan fingerprint density at radius 2 is 0.824 bits per heavy atom. The van der Waals surface area contributed by atoms with Crippen molar-refractivity contribution in [3.8, 4) is 0 Å². The third-order valence-electron chi connectivity index (χ3n) is 16.5. The fourth-order valence-corrected chi connectivity index (χ4v) is 10.9. The molecule has 1 amide bonds. The Bertz CT molecular complexity index is 1640. The van der Waals surface area contributed by atoms with Crippen LogP contribution < -0.4 is 5.32 Å². The fourth-order valence-electron chi connectivity index (χ4n) is 10.9. The molecule has 1 saturated heterocycles. The second kappa shape index (κ2) is 62.7. The third-order valence-corrected chi connectivity index (χ3v) is 16.5. The van der Waals surface area contributed by atoms with Gasteiger partial charge in [-0.25, -0.2) is 0 Å². The molecule has 0 radical (unpaired) electrons. The van der Waals surface area contributed by atoms with Crippen LogP contribution in [0, 0.1) is 0 Å². The van der Waals surface area contributed by atoms with Crippen LogP contribution in [-0.2, 0) is 23.8 Å². The molecule has 0 saturated carbocycles. The monoisotopic (exact) mass is 1200 g/mol. The summed E-state index contributed by atoms with van der Waals surface area (Å²) in [5.74, 6) is -0.198. The summed E-state index contributed by atoms with van der Waals surface area (Å²) in [6.45, 7) is 4.22. The second-order valence-electron chi connectivity index (χ2n) is 24.6. The van der Waals surface area contributed by atoms with Gasteiger partial charge in [0.2, 0.25) is 5.91 Å². The lowest BCUT2D eigenvalue weighted by atomic mass is 9.99. The van der Waals surface area contributed by atoms with Gasteiger partial charge in [0.25, 0.3) is 0 Å². The van der Waals surface area contributed by atoms with Crippen LogP contribution in [-0.4, -0.2) is 100 Å². The van der Waals surface area contributed by atoms with E-state index < -0.39 is 49.5 Å². The minimum Gasteiger partial charge on any atom is -0.466 e. The molecule has 11 heteroatoms. The molecule has 7 atom stereocenters. The highest BCUT2D eigenvalue weighted by Crippen LogP contribution is 2.23. The third kappa shape index (κ3) is 51.7. The van der Waals surface area contributed by atoms with Crippen LogP contribution >= 0.6 is 0 Å². The van der Waals surface area contributed by atoms with E-state index in [9.17, 15) is 35.1 Å². The van der Waals surface area contributed by atoms with Crippen molar-refractivity contribution in [1.82, 2.24) is 5.32 Å². The number of esters is 1. The average Bonchev–Trinajstić information content (AvgIpc) is 3.50. The zero-order valence-corrected chi connectivity index (χ0v) is 54.8. The van der Waals surface area contributed by atoms with E-state index in [0.29, 0.717) is 19.4 Å². The van der Waals surface area contributed by atoms with Gasteiger partial charge >= 0.3 is 5.97 Å². The van der Waals surface area contributed by atoms with E-state index in [1.54, 1.807) is 6.08 Å². The smallest absolute Gasteiger partial charge is 0.305 e. The molecule has 85 heavy (non-hydrogen) atoms. The van der Waals surface area contributed by atoms with Crippen LogP contribution in [0.25, 0.3) is 0 Å². The molecular weight excluding hydrogens is 1060 g/mol. The van der Waals surface area contributed by atoms with Gasteiger partial charge in [0.1, 0.15) is 24.4 Å². The molecule has 494 valence electrons. The first-order valence-electron chi connectivity index (χ1n) is 35.7. The van der Waals surface area contributed by atoms with Crippen molar-refractivity contribution in [2.75, 3.05) is 19.8 Å². The summed E-state index contributed by atoms with van der Waals surface area (Å²) < 4.78 is 16.7. The molecule has 1 aliphatic heterocycles. The molecule has 1 fully saturated rings. The standard InChI is InChI=1S/C74H133NO10/c1-3-5-7-9-11-13-14-38-42-46-50-54-58-62-70(79)83-63-59-55-51-47-43-40-37-35-33-31-29-27-25-23-21-19-17-15-16-18-20-22-24-26-28-30-32-34-36-39-41-45-49-53-57-61-69(78)75-66(67(77)60-56-52-48-44-12-10-8-6-4-2)65-84-74-73(82)72(81)71(80)68(64-76)85-74/h7,9,12-14,17,19,23,25,44,56,60,66-68,71-74,76-77,80-82H,3-6,8,10-11,15-16,18,20-22,24,26-43,45-55,57-59,61-65H2,1-2H3,(H,75,78)/b9-7-,14-13-,19-17-,25-23-,44-12+,60-56+. The van der Waals surface area contributed by atoms with E-state index in [0.717, 1.165) is 70.6 Å². The van der Waals surface area contributed by atoms with Crippen molar-refractivity contribution in [1.29, 1.82) is 0 Å². The highest BCUT2D eigenvalue weighted by molar-refractivity contribution is 5.76. The summed E-state index contributed by atoms with van der Waals surface area (Å²) in [4.78, 5) is 25.0. The molecule has 6 N–H and O–H groups in total. The Morgan fingerprint density at radius 1 is 0.435 bits per heavy atom. The number of hydrogen-bond acceptors (Lipinski definition) is 10. The van der Waals surface area contributed by atoms with E-state index in [1.807, 2.05) is 6.08 Å². The van der Waals surface area contributed by atoms with Crippen LogP contribution in [0.5, 0.6) is 0 Å². The lowest BCUT2D eigenvalue weighted by Gasteiger charge is -2.40. The van der Waals surface area contributed by atoms with Crippen molar-refractivity contribution in [2.45, 2.75) is 365 Å². The fraction of sp³-hybridized carbons (Fsp3) is 0.811. The highest BCUT2D eigenvalue weighted by atomic mass is 16.7. The zero-order chi connectivity index (χ0) is 61.6. The zero-order valence-electron chi connectivity index (χ0n) is 54.8. The van der Waals surface area contributed by atoms with E-state index in [4.69, 9.17) is 14.2 Å². The number of aliphatic hydroxyl groups excluding tert-OH is 5. The minimum atomic E-state index is -1.58. The lowest BCUT2D eigenvalue weighted by Crippen LogP contribution is -2.60. The highest BCUT2D eigenvalue weighted by Gasteiger charge is 2.44. The summed E-state index contributed by atoms with van der Waals surface area (Å²) in [6, 6.07) is -0.825. The van der Waals surface area contributed by atoms with Crippen LogP contribution in [0.4, 0.5) is 0 Å². The topological polar surface area (TPSA) is 175 Å². The van der Waals surface area contributed by atoms with Gasteiger partial charge in [0.15, 0.2) is 6.29 Å². The van der Waals surface area contributed by atoms with Gasteiger partial charge in [-0.3, -0.25) is 9.59 Å². The van der Waals surface area contributed by atoms with E-state index in [2.05, 4.69) is 79.9 Å². The maximum Gasteiger partial charge on any atom is 0.305 e. The number of aliphatic hydroxyl groups is 5. The van der Waals surface area contributed by atoms with Crippen LogP contribution in [0.15, 0.2) is 72.9 Å². The van der Waals surface area contributed by atoms with E-state index in [1.165, 1.54) is 225 Å². The number of nitrogens with one attached hydrogen (secondary N) is 1. The van der Waals surface area contributed by atoms with Gasteiger partial charge in [-0.1, -0.05) is 279 Å². The molecular formula is C74H133NO10. The second-order valence-corrected chi connectivity index (χ2v) is 24.6. The number of amides is 1. The van der Waals surface area contributed by atoms with Gasteiger partial charge in [0.05, 0.1) is 32.0 Å². The predicted molar refractivity (Wildman–Crippen MR) is 356 cm³/mol. The molecule has 7 unspecified atom stereocenters. The number of rotatable bonds is 62. The molecule has 0 spiro atoms. The molecule has 0 aromatic rings. The SMILES string of the molecule is CCC/C=C\C/C=C\CCCCCCCC(=O)OCCCCCCCCCCCCC/C=C\C/C=C\CCCCCCCCCCCCCCCCCCCC(=O)NC(COC1OC(CO)C(O)C(O)C1O)C(O)/C=C/CC/C=C/CCCCC. The van der Waals surface area contributed by atoms with Crippen molar-refractivity contribution in [2.24, 2.45) is 0 Å². The molecule has 0 aromatic carbocycles. The van der Waals surface area contributed by atoms with Crippen LogP contribution in [0.3, 0.4) is 0 Å². The van der Waals surface area contributed by atoms with Crippen molar-refractivity contribution < 1.29 is 49.3 Å². The van der Waals surface area contributed by atoms with Gasteiger partial charge in [0, 0.05) is 12.8 Å². The summed E-state index contributed by atoms with van der Waals surface area (Å²) in [5, 5.41) is 54.2. The normalized spacial score (nSPS) is 18.4. The van der Waals surface area contributed by atoms with Crippen LogP contribution in [0.1, 0.15) is 322 Å². The Morgan fingerprint density at radius 3 is 1.28 bits per heavy atom. The number of allylic oxidation sites excluding steroid dienone is 11. The number of hydrogen-bond donors (Lipinski definition) is 6. The quantitative estimate of drug-likeness (QED) is 0.0195. The van der Waals surface area contributed by atoms with Crippen molar-refractivity contribution >= 4 is 11.9 Å². The van der Waals surface area contributed by atoms with Crippen LogP contribution in [0.2, 0.25) is 0 Å². The van der Waals surface area contributed by atoms with Gasteiger partial charge in [-0.05, 0) is 103 Å². The molecule has 1 aliphatic rings. The first kappa shape index (κ1) is 80.1. The Hall–Kier alpha value is -2.90. The summed E-state index contributed by atoms with van der Waals surface area (Å²) in [5.41, 5.74) is 0. The Balaban J connectivity index is 1.91. The molecule has 1 rings (SSSR count). The van der Waals surface area contributed by atoms with Crippen molar-refractivity contribution in [3.05, 3.63) is 72.9 Å². The maximum atomic E-state index is 13.0. The molecule has 0 aromatic heterocycles. The maximum absolute atomic E-state index is 13.0. The first-order valence-corrected chi connectivity index (χ1v) is 35.7. The minimum absolute atomic E-state index is 0.00608. The Kier molecular flexibility index (Phi) is 59.1. The predicted octanol–water partition coefficient (Wildman–Crippen LogP) is 18.3. The largest absolute Gasteiger partial charge is 0.466 e. The lowest BCUT2D eigenvalue weighted by molar-refractivity contribution is -0.302. The van der Waals surface area contributed by atoms with E-state index in [-0.39, 0.29) is 18.5 Å². The number of carbonyl (C=O) groups excluding carboxylic acids is 2. The van der Waals surface area contributed by atoms with Gasteiger partial charge < -0.3 is 45.1 Å². The average molecular weight is 1200 g/mol. The molecule has 0 aliphatic carbocycles. The number of carbonyl (C=O) groups is 2. The Labute approximate surface area is 521 Å². The summed E-state index contributed by atoms with van der Waals surface area (Å²) in [7, 11) is 0. The first-order chi connectivity index (χ1) is 41.7. The van der Waals surface area contributed by atoms with Crippen molar-refractivity contribution in [3.63, 3.8) is 0 Å². The number of ether oxygens (including phenoxy) is 3. The van der Waals surface area contributed by atoms with Gasteiger partial charge in [-0.2, -0.15) is 0 Å². The molecule has 11 nitrogen and oxygen atoms in total. The summed E-state index contributed by atoms with van der Waals surface area (Å²) in [6.07, 6.45) is 75.0. The number of unbranched alkanes of at least 4 members (excludes halogenated alkanes) is 38. The molecule has 0 bridgehead atoms. The summed E-state index contributed by atoms with van der Waals surface area (Å²) >= 11 is 0.